The molecule has 160 valence electrons. The van der Waals surface area contributed by atoms with E-state index in [-0.39, 0.29) is 24.0 Å². The molecule has 28 heavy (non-hydrogen) atoms. The van der Waals surface area contributed by atoms with E-state index in [1.807, 2.05) is 6.92 Å². The highest BCUT2D eigenvalue weighted by molar-refractivity contribution is 14.0. The van der Waals surface area contributed by atoms with E-state index in [4.69, 9.17) is 4.99 Å². The van der Waals surface area contributed by atoms with E-state index in [0.717, 1.165) is 50.5 Å². The van der Waals surface area contributed by atoms with Crippen molar-refractivity contribution in [3.8, 4) is 0 Å². The molecule has 1 saturated carbocycles. The van der Waals surface area contributed by atoms with Gasteiger partial charge in [0.15, 0.2) is 5.96 Å². The van der Waals surface area contributed by atoms with Gasteiger partial charge in [-0.1, -0.05) is 37.6 Å². The second-order valence-corrected chi connectivity index (χ2v) is 9.56. The molecule has 0 radical (unpaired) electrons. The first kappa shape index (κ1) is 25.4. The maximum absolute atomic E-state index is 12.2. The van der Waals surface area contributed by atoms with Crippen molar-refractivity contribution in [3.05, 3.63) is 35.4 Å². The zero-order valence-corrected chi connectivity index (χ0v) is 20.9. The van der Waals surface area contributed by atoms with Crippen molar-refractivity contribution in [3.63, 3.8) is 0 Å². The van der Waals surface area contributed by atoms with E-state index in [0.29, 0.717) is 17.8 Å². The molecule has 1 aromatic rings. The first-order chi connectivity index (χ1) is 13.0. The highest BCUT2D eigenvalue weighted by atomic mass is 127. The van der Waals surface area contributed by atoms with Gasteiger partial charge in [-0.2, -0.15) is 0 Å². The average Bonchev–Trinajstić information content (AvgIpc) is 2.65. The summed E-state index contributed by atoms with van der Waals surface area (Å²) in [5.74, 6) is 1.62. The molecule has 5 nitrogen and oxygen atoms in total. The average molecular weight is 521 g/mol. The van der Waals surface area contributed by atoms with E-state index in [1.54, 1.807) is 0 Å². The summed E-state index contributed by atoms with van der Waals surface area (Å²) in [6.45, 7) is 6.54. The number of rotatable bonds is 8. The van der Waals surface area contributed by atoms with Crippen LogP contribution in [-0.4, -0.2) is 52.8 Å². The van der Waals surface area contributed by atoms with Crippen LogP contribution in [0.4, 0.5) is 0 Å². The summed E-state index contributed by atoms with van der Waals surface area (Å²) in [5.41, 5.74) is 2.53. The van der Waals surface area contributed by atoms with Crippen LogP contribution in [0.2, 0.25) is 0 Å². The molecular formula is C21H37IN4OS. The van der Waals surface area contributed by atoms with Crippen LogP contribution in [-0.2, 0) is 23.9 Å². The lowest BCUT2D eigenvalue weighted by Gasteiger charge is -2.30. The standard InChI is InChI=1S/C21H36N4OS.HI/c1-5-22-21(24-19-11-8-12-20(14-19)27(26)6-2)23-15-17-9-7-10-18(13-17)16-25(3)4;/h7,9-10,13,19-20H,5-6,8,11-12,14-16H2,1-4H3,(H2,22,23,24);1H. The minimum Gasteiger partial charge on any atom is -0.357 e. The van der Waals surface area contributed by atoms with Crippen LogP contribution < -0.4 is 10.6 Å². The van der Waals surface area contributed by atoms with E-state index in [2.05, 4.69) is 60.8 Å². The van der Waals surface area contributed by atoms with Gasteiger partial charge >= 0.3 is 0 Å². The lowest BCUT2D eigenvalue weighted by Crippen LogP contribution is -2.46. The summed E-state index contributed by atoms with van der Waals surface area (Å²) >= 11 is 0. The molecule has 0 bridgehead atoms. The Balaban J connectivity index is 0.00000392. The quantitative estimate of drug-likeness (QED) is 0.313. The molecule has 0 heterocycles. The molecule has 1 aliphatic rings. The summed E-state index contributed by atoms with van der Waals surface area (Å²) in [4.78, 5) is 6.97. The van der Waals surface area contributed by atoms with Crippen molar-refractivity contribution in [2.45, 2.75) is 63.9 Å². The minimum atomic E-state index is -0.698. The SMILES string of the molecule is CCNC(=NCc1cccc(CN(C)C)c1)NC1CCCC(S(=O)CC)C1.I. The molecule has 0 aliphatic heterocycles. The summed E-state index contributed by atoms with van der Waals surface area (Å²) in [5, 5.41) is 7.26. The highest BCUT2D eigenvalue weighted by Gasteiger charge is 2.26. The van der Waals surface area contributed by atoms with Crippen molar-refractivity contribution in [2.24, 2.45) is 4.99 Å². The molecule has 3 atom stereocenters. The fourth-order valence-corrected chi connectivity index (χ4v) is 4.97. The summed E-state index contributed by atoms with van der Waals surface area (Å²) in [7, 11) is 3.47. The third kappa shape index (κ3) is 8.78. The Labute approximate surface area is 190 Å². The Morgan fingerprint density at radius 1 is 1.25 bits per heavy atom. The predicted octanol–water partition coefficient (Wildman–Crippen LogP) is 3.50. The van der Waals surface area contributed by atoms with Gasteiger partial charge < -0.3 is 15.5 Å². The van der Waals surface area contributed by atoms with Gasteiger partial charge in [0.25, 0.3) is 0 Å². The normalized spacial score (nSPS) is 21.1. The fraction of sp³-hybridized carbons (Fsp3) is 0.667. The highest BCUT2D eigenvalue weighted by Crippen LogP contribution is 2.23. The molecule has 2 rings (SSSR count). The van der Waals surface area contributed by atoms with Crippen LogP contribution in [0.3, 0.4) is 0 Å². The van der Waals surface area contributed by atoms with E-state index in [9.17, 15) is 4.21 Å². The van der Waals surface area contributed by atoms with Gasteiger partial charge in [-0.3, -0.25) is 4.21 Å². The molecule has 7 heteroatoms. The summed E-state index contributed by atoms with van der Waals surface area (Å²) in [6.07, 6.45) is 4.33. The molecule has 0 amide bonds. The Morgan fingerprint density at radius 2 is 2.00 bits per heavy atom. The predicted molar refractivity (Wildman–Crippen MR) is 132 cm³/mol. The number of hydrogen-bond donors (Lipinski definition) is 2. The van der Waals surface area contributed by atoms with Crippen LogP contribution >= 0.6 is 24.0 Å². The monoisotopic (exact) mass is 520 g/mol. The second-order valence-electron chi connectivity index (χ2n) is 7.55. The zero-order chi connectivity index (χ0) is 19.6. The number of hydrogen-bond acceptors (Lipinski definition) is 3. The smallest absolute Gasteiger partial charge is 0.191 e. The van der Waals surface area contributed by atoms with Crippen molar-refractivity contribution >= 4 is 40.7 Å². The first-order valence-electron chi connectivity index (χ1n) is 10.2. The Hall–Kier alpha value is -0.670. The maximum atomic E-state index is 12.2. The Kier molecular flexibility index (Phi) is 12.3. The number of nitrogens with one attached hydrogen (secondary N) is 2. The molecule has 1 aliphatic carbocycles. The third-order valence-electron chi connectivity index (χ3n) is 4.88. The molecule has 0 spiro atoms. The van der Waals surface area contributed by atoms with Crippen LogP contribution in [0, 0.1) is 0 Å². The number of halogens is 1. The third-order valence-corrected chi connectivity index (χ3v) is 6.62. The van der Waals surface area contributed by atoms with Gasteiger partial charge in [0.05, 0.1) is 6.54 Å². The van der Waals surface area contributed by atoms with Crippen molar-refractivity contribution in [2.75, 3.05) is 26.4 Å². The van der Waals surface area contributed by atoms with Gasteiger partial charge in [0.2, 0.25) is 0 Å². The van der Waals surface area contributed by atoms with Gasteiger partial charge in [0.1, 0.15) is 0 Å². The van der Waals surface area contributed by atoms with Gasteiger partial charge in [-0.25, -0.2) is 4.99 Å². The molecule has 1 fully saturated rings. The molecule has 0 aromatic heterocycles. The van der Waals surface area contributed by atoms with Crippen molar-refractivity contribution in [1.82, 2.24) is 15.5 Å². The number of guanidine groups is 1. The van der Waals surface area contributed by atoms with Crippen LogP contribution in [0.5, 0.6) is 0 Å². The van der Waals surface area contributed by atoms with Gasteiger partial charge in [0, 0.05) is 40.9 Å². The second kappa shape index (κ2) is 13.5. The number of benzene rings is 1. The summed E-state index contributed by atoms with van der Waals surface area (Å²) < 4.78 is 12.2. The topological polar surface area (TPSA) is 56.7 Å². The number of aliphatic imine (C=N–C) groups is 1. The lowest BCUT2D eigenvalue weighted by molar-refractivity contribution is 0.402. The van der Waals surface area contributed by atoms with Gasteiger partial charge in [-0.15, -0.1) is 24.0 Å². The Bertz CT molecular complexity index is 639. The molecule has 1 aromatic carbocycles. The van der Waals surface area contributed by atoms with E-state index in [1.165, 1.54) is 11.1 Å². The Morgan fingerprint density at radius 3 is 2.68 bits per heavy atom. The van der Waals surface area contributed by atoms with Crippen molar-refractivity contribution in [1.29, 1.82) is 0 Å². The maximum Gasteiger partial charge on any atom is 0.191 e. The molecule has 0 saturated heterocycles. The minimum absolute atomic E-state index is 0. The zero-order valence-electron chi connectivity index (χ0n) is 17.7. The number of nitrogens with zero attached hydrogens (tertiary/aromatic N) is 2. The van der Waals surface area contributed by atoms with Gasteiger partial charge in [-0.05, 0) is 51.4 Å². The summed E-state index contributed by atoms with van der Waals surface area (Å²) in [6, 6.07) is 8.99. The molecule has 2 N–H and O–H groups in total. The van der Waals surface area contributed by atoms with E-state index < -0.39 is 10.8 Å². The molecular weight excluding hydrogens is 483 g/mol. The van der Waals surface area contributed by atoms with Crippen LogP contribution in [0.1, 0.15) is 50.7 Å². The van der Waals surface area contributed by atoms with Crippen molar-refractivity contribution < 1.29 is 4.21 Å². The fourth-order valence-electron chi connectivity index (χ4n) is 3.63. The lowest BCUT2D eigenvalue weighted by atomic mass is 9.95. The molecule has 3 unspecified atom stereocenters. The van der Waals surface area contributed by atoms with E-state index >= 15 is 0 Å². The largest absolute Gasteiger partial charge is 0.357 e. The van der Waals surface area contributed by atoms with Crippen LogP contribution in [0.15, 0.2) is 29.3 Å². The first-order valence-corrected chi connectivity index (χ1v) is 11.5. The van der Waals surface area contributed by atoms with Crippen LogP contribution in [0.25, 0.3) is 0 Å².